The van der Waals surface area contributed by atoms with Crippen molar-refractivity contribution in [1.82, 2.24) is 5.32 Å². The minimum absolute atomic E-state index is 0.0755. The van der Waals surface area contributed by atoms with Crippen molar-refractivity contribution < 1.29 is 4.79 Å². The maximum absolute atomic E-state index is 12.1. The summed E-state index contributed by atoms with van der Waals surface area (Å²) in [6.45, 7) is 5.92. The second-order valence-electron chi connectivity index (χ2n) is 5.67. The van der Waals surface area contributed by atoms with E-state index in [9.17, 15) is 4.79 Å². The number of aryl methyl sites for hydroxylation is 1. The SMILES string of the molecule is CCCC(CCc1ccccc1)NC(=O)C(C)C(C)N. The molecule has 0 aliphatic heterocycles. The molecule has 3 nitrogen and oxygen atoms in total. The number of nitrogens with two attached hydrogens (primary N) is 1. The molecule has 20 heavy (non-hydrogen) atoms. The van der Waals surface area contributed by atoms with E-state index >= 15 is 0 Å². The summed E-state index contributed by atoms with van der Waals surface area (Å²) in [6.07, 6.45) is 4.07. The molecule has 0 bridgehead atoms. The Morgan fingerprint density at radius 1 is 1.20 bits per heavy atom. The van der Waals surface area contributed by atoms with Gasteiger partial charge in [0.05, 0.1) is 0 Å². The first-order valence-electron chi connectivity index (χ1n) is 7.64. The first-order chi connectivity index (χ1) is 9.54. The summed E-state index contributed by atoms with van der Waals surface area (Å²) in [7, 11) is 0. The number of carbonyl (C=O) groups is 1. The summed E-state index contributed by atoms with van der Waals surface area (Å²) < 4.78 is 0. The molecule has 0 aliphatic carbocycles. The van der Waals surface area contributed by atoms with E-state index in [1.165, 1.54) is 5.56 Å². The number of hydrogen-bond donors (Lipinski definition) is 2. The third-order valence-electron chi connectivity index (χ3n) is 3.81. The van der Waals surface area contributed by atoms with Crippen LogP contribution in [-0.2, 0) is 11.2 Å². The molecule has 3 N–H and O–H groups in total. The van der Waals surface area contributed by atoms with Crippen LogP contribution in [0.2, 0.25) is 0 Å². The lowest BCUT2D eigenvalue weighted by Gasteiger charge is -2.22. The molecular formula is C17H28N2O. The van der Waals surface area contributed by atoms with Gasteiger partial charge in [-0.1, -0.05) is 50.6 Å². The Kier molecular flexibility index (Phi) is 7.31. The Bertz CT molecular complexity index is 389. The molecule has 0 spiro atoms. The van der Waals surface area contributed by atoms with Crippen molar-refractivity contribution in [3.05, 3.63) is 35.9 Å². The van der Waals surface area contributed by atoms with Crippen molar-refractivity contribution in [3.63, 3.8) is 0 Å². The Balaban J connectivity index is 2.50. The van der Waals surface area contributed by atoms with Gasteiger partial charge in [0, 0.05) is 18.0 Å². The zero-order chi connectivity index (χ0) is 15.0. The van der Waals surface area contributed by atoms with Gasteiger partial charge < -0.3 is 11.1 Å². The van der Waals surface area contributed by atoms with Crippen LogP contribution in [0.15, 0.2) is 30.3 Å². The van der Waals surface area contributed by atoms with Crippen LogP contribution in [0.3, 0.4) is 0 Å². The smallest absolute Gasteiger partial charge is 0.224 e. The van der Waals surface area contributed by atoms with Gasteiger partial charge >= 0.3 is 0 Å². The Hall–Kier alpha value is -1.35. The van der Waals surface area contributed by atoms with Gasteiger partial charge in [-0.15, -0.1) is 0 Å². The van der Waals surface area contributed by atoms with Crippen LogP contribution < -0.4 is 11.1 Å². The van der Waals surface area contributed by atoms with Gasteiger partial charge in [-0.2, -0.15) is 0 Å². The van der Waals surface area contributed by atoms with Crippen molar-refractivity contribution >= 4 is 5.91 Å². The molecule has 1 aromatic carbocycles. The third kappa shape index (κ3) is 5.74. The highest BCUT2D eigenvalue weighted by Gasteiger charge is 2.20. The van der Waals surface area contributed by atoms with Crippen LogP contribution >= 0.6 is 0 Å². The largest absolute Gasteiger partial charge is 0.353 e. The maximum Gasteiger partial charge on any atom is 0.224 e. The molecule has 1 aromatic rings. The second kappa shape index (κ2) is 8.75. The van der Waals surface area contributed by atoms with Gasteiger partial charge in [-0.05, 0) is 31.7 Å². The average molecular weight is 276 g/mol. The summed E-state index contributed by atoms with van der Waals surface area (Å²) in [5, 5.41) is 3.15. The predicted octanol–water partition coefficient (Wildman–Crippen LogP) is 2.89. The van der Waals surface area contributed by atoms with E-state index in [2.05, 4.69) is 36.5 Å². The Morgan fingerprint density at radius 3 is 2.40 bits per heavy atom. The van der Waals surface area contributed by atoms with Crippen LogP contribution in [0.4, 0.5) is 0 Å². The van der Waals surface area contributed by atoms with Gasteiger partial charge in [-0.25, -0.2) is 0 Å². The molecule has 1 amide bonds. The Labute approximate surface area is 122 Å². The van der Waals surface area contributed by atoms with Crippen molar-refractivity contribution in [2.24, 2.45) is 11.7 Å². The summed E-state index contributed by atoms with van der Waals surface area (Å²) >= 11 is 0. The number of hydrogen-bond acceptors (Lipinski definition) is 2. The molecule has 0 heterocycles. The van der Waals surface area contributed by atoms with E-state index in [0.717, 1.165) is 25.7 Å². The highest BCUT2D eigenvalue weighted by Crippen LogP contribution is 2.10. The molecule has 0 aromatic heterocycles. The fourth-order valence-corrected chi connectivity index (χ4v) is 2.19. The maximum atomic E-state index is 12.1. The molecule has 3 unspecified atom stereocenters. The lowest BCUT2D eigenvalue weighted by molar-refractivity contribution is -0.125. The van der Waals surface area contributed by atoms with Gasteiger partial charge in [0.2, 0.25) is 5.91 Å². The van der Waals surface area contributed by atoms with Gasteiger partial charge in [0.25, 0.3) is 0 Å². The van der Waals surface area contributed by atoms with Crippen molar-refractivity contribution in [3.8, 4) is 0 Å². The molecule has 112 valence electrons. The molecular weight excluding hydrogens is 248 g/mol. The molecule has 0 fully saturated rings. The zero-order valence-electron chi connectivity index (χ0n) is 12.9. The molecule has 0 aliphatic rings. The third-order valence-corrected chi connectivity index (χ3v) is 3.81. The molecule has 0 saturated heterocycles. The molecule has 0 radical (unpaired) electrons. The highest BCUT2D eigenvalue weighted by molar-refractivity contribution is 5.79. The molecule has 1 rings (SSSR count). The van der Waals surface area contributed by atoms with E-state index in [1.54, 1.807) is 0 Å². The van der Waals surface area contributed by atoms with Crippen LogP contribution in [0.1, 0.15) is 45.6 Å². The standard InChI is InChI=1S/C17H28N2O/c1-4-8-16(19-17(20)13(2)14(3)18)12-11-15-9-6-5-7-10-15/h5-7,9-10,13-14,16H,4,8,11-12,18H2,1-3H3,(H,19,20). The van der Waals surface area contributed by atoms with E-state index in [0.29, 0.717) is 0 Å². The fourth-order valence-electron chi connectivity index (χ4n) is 2.19. The van der Waals surface area contributed by atoms with Crippen LogP contribution in [-0.4, -0.2) is 18.0 Å². The van der Waals surface area contributed by atoms with Gasteiger partial charge in [-0.3, -0.25) is 4.79 Å². The predicted molar refractivity (Wildman–Crippen MR) is 84.4 cm³/mol. The molecule has 3 heteroatoms. The molecule has 3 atom stereocenters. The number of amides is 1. The topological polar surface area (TPSA) is 55.1 Å². The number of rotatable bonds is 8. The van der Waals surface area contributed by atoms with Crippen molar-refractivity contribution in [1.29, 1.82) is 0 Å². The number of benzene rings is 1. The quantitative estimate of drug-likeness (QED) is 0.767. The summed E-state index contributed by atoms with van der Waals surface area (Å²) in [5.41, 5.74) is 7.11. The normalized spacial score (nSPS) is 15.4. The lowest BCUT2D eigenvalue weighted by Crippen LogP contribution is -2.43. The van der Waals surface area contributed by atoms with E-state index in [1.807, 2.05) is 19.9 Å². The number of nitrogens with one attached hydrogen (secondary N) is 1. The van der Waals surface area contributed by atoms with Gasteiger partial charge in [0.15, 0.2) is 0 Å². The van der Waals surface area contributed by atoms with E-state index in [-0.39, 0.29) is 23.9 Å². The van der Waals surface area contributed by atoms with Crippen molar-refractivity contribution in [2.45, 2.75) is 58.5 Å². The van der Waals surface area contributed by atoms with Crippen LogP contribution in [0.5, 0.6) is 0 Å². The zero-order valence-corrected chi connectivity index (χ0v) is 12.9. The summed E-state index contributed by atoms with van der Waals surface area (Å²) in [5.74, 6) is -0.0578. The van der Waals surface area contributed by atoms with E-state index in [4.69, 9.17) is 5.73 Å². The van der Waals surface area contributed by atoms with Crippen molar-refractivity contribution in [2.75, 3.05) is 0 Å². The van der Waals surface area contributed by atoms with Crippen LogP contribution in [0, 0.1) is 5.92 Å². The summed E-state index contributed by atoms with van der Waals surface area (Å²) in [6, 6.07) is 10.5. The lowest BCUT2D eigenvalue weighted by atomic mass is 9.99. The first kappa shape index (κ1) is 16.7. The molecule has 0 saturated carbocycles. The van der Waals surface area contributed by atoms with Crippen LogP contribution in [0.25, 0.3) is 0 Å². The average Bonchev–Trinajstić information content (AvgIpc) is 2.45. The minimum Gasteiger partial charge on any atom is -0.353 e. The van der Waals surface area contributed by atoms with E-state index < -0.39 is 0 Å². The fraction of sp³-hybridized carbons (Fsp3) is 0.588. The Morgan fingerprint density at radius 2 is 1.85 bits per heavy atom. The monoisotopic (exact) mass is 276 g/mol. The second-order valence-corrected chi connectivity index (χ2v) is 5.67. The number of carbonyl (C=O) groups excluding carboxylic acids is 1. The van der Waals surface area contributed by atoms with Gasteiger partial charge in [0.1, 0.15) is 0 Å². The summed E-state index contributed by atoms with van der Waals surface area (Å²) in [4.78, 5) is 12.1. The first-order valence-corrected chi connectivity index (χ1v) is 7.64. The minimum atomic E-state index is -0.133. The highest BCUT2D eigenvalue weighted by atomic mass is 16.1.